The quantitative estimate of drug-likeness (QED) is 0.861. The molecule has 0 saturated carbocycles. The fourth-order valence-corrected chi connectivity index (χ4v) is 1.62. The Morgan fingerprint density at radius 3 is 2.39 bits per heavy atom. The minimum atomic E-state index is -1.31. The Bertz CT molecular complexity index is 624. The van der Waals surface area contributed by atoms with Gasteiger partial charge >= 0.3 is 5.97 Å². The SMILES string of the molecule is O=C(O)c1cc(F)ccc1-c1ccc(O)c(F)c1. The summed E-state index contributed by atoms with van der Waals surface area (Å²) >= 11 is 0. The summed E-state index contributed by atoms with van der Waals surface area (Å²) in [6, 6.07) is 6.67. The van der Waals surface area contributed by atoms with Crippen molar-refractivity contribution >= 4 is 5.97 Å². The van der Waals surface area contributed by atoms with Crippen LogP contribution in [-0.2, 0) is 0 Å². The molecule has 0 unspecified atom stereocenters. The molecule has 0 aliphatic carbocycles. The van der Waals surface area contributed by atoms with Gasteiger partial charge in [-0.05, 0) is 35.4 Å². The van der Waals surface area contributed by atoms with E-state index in [-0.39, 0.29) is 16.7 Å². The highest BCUT2D eigenvalue weighted by Crippen LogP contribution is 2.28. The first-order chi connectivity index (χ1) is 8.49. The molecule has 92 valence electrons. The van der Waals surface area contributed by atoms with Crippen molar-refractivity contribution in [1.82, 2.24) is 0 Å². The Balaban J connectivity index is 2.63. The number of benzene rings is 2. The molecule has 2 N–H and O–H groups in total. The molecule has 0 atom stereocenters. The van der Waals surface area contributed by atoms with Crippen LogP contribution < -0.4 is 0 Å². The highest BCUT2D eigenvalue weighted by Gasteiger charge is 2.14. The molecule has 2 aromatic carbocycles. The van der Waals surface area contributed by atoms with E-state index in [9.17, 15) is 13.6 Å². The lowest BCUT2D eigenvalue weighted by molar-refractivity contribution is 0.0697. The van der Waals surface area contributed by atoms with E-state index in [1.807, 2.05) is 0 Å². The van der Waals surface area contributed by atoms with Crippen LogP contribution in [0.25, 0.3) is 11.1 Å². The Hall–Kier alpha value is -2.43. The maximum Gasteiger partial charge on any atom is 0.336 e. The number of carboxylic acid groups (broad SMARTS) is 1. The van der Waals surface area contributed by atoms with Gasteiger partial charge in [0.25, 0.3) is 0 Å². The number of hydrogen-bond acceptors (Lipinski definition) is 2. The lowest BCUT2D eigenvalue weighted by Crippen LogP contribution is -2.00. The summed E-state index contributed by atoms with van der Waals surface area (Å²) < 4.78 is 26.2. The number of phenols is 1. The first kappa shape index (κ1) is 12.0. The first-order valence-corrected chi connectivity index (χ1v) is 5.01. The molecule has 0 spiro atoms. The van der Waals surface area contributed by atoms with Crippen molar-refractivity contribution in [1.29, 1.82) is 0 Å². The van der Waals surface area contributed by atoms with Crippen LogP contribution in [0.15, 0.2) is 36.4 Å². The van der Waals surface area contributed by atoms with Crippen LogP contribution in [-0.4, -0.2) is 16.2 Å². The fourth-order valence-electron chi connectivity index (χ4n) is 1.62. The highest BCUT2D eigenvalue weighted by molar-refractivity contribution is 5.96. The molecule has 3 nitrogen and oxygen atoms in total. The Morgan fingerprint density at radius 1 is 1.06 bits per heavy atom. The minimum absolute atomic E-state index is 0.183. The van der Waals surface area contributed by atoms with Crippen molar-refractivity contribution in [2.75, 3.05) is 0 Å². The van der Waals surface area contributed by atoms with Gasteiger partial charge in [-0.15, -0.1) is 0 Å². The van der Waals surface area contributed by atoms with Gasteiger partial charge in [0.2, 0.25) is 0 Å². The van der Waals surface area contributed by atoms with E-state index in [2.05, 4.69) is 0 Å². The second-order valence-corrected chi connectivity index (χ2v) is 3.66. The lowest BCUT2D eigenvalue weighted by Gasteiger charge is -2.07. The van der Waals surface area contributed by atoms with Gasteiger partial charge in [0.05, 0.1) is 5.56 Å². The van der Waals surface area contributed by atoms with E-state index in [1.165, 1.54) is 12.1 Å². The lowest BCUT2D eigenvalue weighted by atomic mass is 9.99. The second kappa shape index (κ2) is 4.44. The van der Waals surface area contributed by atoms with Crippen molar-refractivity contribution in [3.05, 3.63) is 53.6 Å². The number of rotatable bonds is 2. The van der Waals surface area contributed by atoms with Crippen LogP contribution in [0.5, 0.6) is 5.75 Å². The molecule has 2 aromatic rings. The molecule has 18 heavy (non-hydrogen) atoms. The Labute approximate surface area is 101 Å². The van der Waals surface area contributed by atoms with Gasteiger partial charge in [-0.25, -0.2) is 13.6 Å². The molecule has 0 fully saturated rings. The number of aromatic carboxylic acids is 1. The summed E-state index contributed by atoms with van der Waals surface area (Å²) in [4.78, 5) is 11.0. The number of hydrogen-bond donors (Lipinski definition) is 2. The largest absolute Gasteiger partial charge is 0.505 e. The fraction of sp³-hybridized carbons (Fsp3) is 0. The molecular weight excluding hydrogens is 242 g/mol. The van der Waals surface area contributed by atoms with Crippen molar-refractivity contribution in [2.24, 2.45) is 0 Å². The molecule has 2 rings (SSSR count). The van der Waals surface area contributed by atoms with E-state index in [1.54, 1.807) is 0 Å². The van der Waals surface area contributed by atoms with Crippen LogP contribution in [0, 0.1) is 11.6 Å². The maximum atomic E-state index is 13.2. The summed E-state index contributed by atoms with van der Waals surface area (Å²) in [6.07, 6.45) is 0. The number of phenolic OH excluding ortho intramolecular Hbond substituents is 1. The molecule has 0 radical (unpaired) electrons. The van der Waals surface area contributed by atoms with Gasteiger partial charge < -0.3 is 10.2 Å². The van der Waals surface area contributed by atoms with Crippen molar-refractivity contribution in [2.45, 2.75) is 0 Å². The topological polar surface area (TPSA) is 57.5 Å². The van der Waals surface area contributed by atoms with Crippen LogP contribution in [0.4, 0.5) is 8.78 Å². The highest BCUT2D eigenvalue weighted by atomic mass is 19.1. The van der Waals surface area contributed by atoms with E-state index >= 15 is 0 Å². The van der Waals surface area contributed by atoms with Gasteiger partial charge in [-0.1, -0.05) is 12.1 Å². The third kappa shape index (κ3) is 2.15. The van der Waals surface area contributed by atoms with Gasteiger partial charge in [-0.2, -0.15) is 0 Å². The second-order valence-electron chi connectivity index (χ2n) is 3.66. The zero-order valence-electron chi connectivity index (χ0n) is 9.02. The molecule has 0 aromatic heterocycles. The van der Waals surface area contributed by atoms with E-state index in [0.29, 0.717) is 0 Å². The average molecular weight is 250 g/mol. The first-order valence-electron chi connectivity index (χ1n) is 5.01. The van der Waals surface area contributed by atoms with Gasteiger partial charge in [0.1, 0.15) is 5.82 Å². The molecule has 0 heterocycles. The predicted octanol–water partition coefficient (Wildman–Crippen LogP) is 3.04. The van der Waals surface area contributed by atoms with E-state index < -0.39 is 23.4 Å². The standard InChI is InChI=1S/C13H8F2O3/c14-8-2-3-9(10(6-8)13(17)18)7-1-4-12(16)11(15)5-7/h1-6,16H,(H,17,18). The average Bonchev–Trinajstić information content (AvgIpc) is 2.32. The zero-order valence-corrected chi connectivity index (χ0v) is 9.02. The summed E-state index contributed by atoms with van der Waals surface area (Å²) in [6.45, 7) is 0. The molecule has 5 heteroatoms. The molecular formula is C13H8F2O3. The third-order valence-corrected chi connectivity index (χ3v) is 2.47. The maximum absolute atomic E-state index is 13.2. The summed E-state index contributed by atoms with van der Waals surface area (Å²) in [5.41, 5.74) is 0.172. The van der Waals surface area contributed by atoms with Crippen molar-refractivity contribution < 1.29 is 23.8 Å². The third-order valence-electron chi connectivity index (χ3n) is 2.47. The summed E-state index contributed by atoms with van der Waals surface area (Å²) in [5.74, 6) is -3.39. The molecule has 0 saturated heterocycles. The van der Waals surface area contributed by atoms with Crippen LogP contribution in [0.1, 0.15) is 10.4 Å². The van der Waals surface area contributed by atoms with E-state index in [0.717, 1.165) is 24.3 Å². The predicted molar refractivity (Wildman–Crippen MR) is 60.4 cm³/mol. The monoisotopic (exact) mass is 250 g/mol. The number of halogens is 2. The number of carbonyl (C=O) groups is 1. The molecule has 0 bridgehead atoms. The molecule has 0 amide bonds. The number of carboxylic acids is 1. The summed E-state index contributed by atoms with van der Waals surface area (Å²) in [7, 11) is 0. The smallest absolute Gasteiger partial charge is 0.336 e. The zero-order chi connectivity index (χ0) is 13.3. The van der Waals surface area contributed by atoms with Crippen molar-refractivity contribution in [3.8, 4) is 16.9 Å². The normalized spacial score (nSPS) is 10.3. The molecule has 0 aliphatic rings. The van der Waals surface area contributed by atoms with E-state index in [4.69, 9.17) is 10.2 Å². The molecule has 0 aliphatic heterocycles. The summed E-state index contributed by atoms with van der Waals surface area (Å²) in [5, 5.41) is 18.0. The van der Waals surface area contributed by atoms with Gasteiger partial charge in [-0.3, -0.25) is 0 Å². The van der Waals surface area contributed by atoms with Gasteiger partial charge in [0, 0.05) is 0 Å². The van der Waals surface area contributed by atoms with Crippen LogP contribution in [0.2, 0.25) is 0 Å². The van der Waals surface area contributed by atoms with Crippen LogP contribution in [0.3, 0.4) is 0 Å². The number of aromatic hydroxyl groups is 1. The van der Waals surface area contributed by atoms with Gasteiger partial charge in [0.15, 0.2) is 11.6 Å². The van der Waals surface area contributed by atoms with Crippen molar-refractivity contribution in [3.63, 3.8) is 0 Å². The Morgan fingerprint density at radius 2 is 1.78 bits per heavy atom. The van der Waals surface area contributed by atoms with Crippen LogP contribution >= 0.6 is 0 Å². The Kier molecular flexibility index (Phi) is 2.97. The minimum Gasteiger partial charge on any atom is -0.505 e.